The van der Waals surface area contributed by atoms with Gasteiger partial charge in [-0.15, -0.1) is 0 Å². The van der Waals surface area contributed by atoms with Crippen LogP contribution in [0.25, 0.3) is 10.3 Å². The van der Waals surface area contributed by atoms with Gasteiger partial charge in [-0.25, -0.2) is 9.97 Å². The molecule has 30 heavy (non-hydrogen) atoms. The molecular weight excluding hydrogens is 418 g/mol. The van der Waals surface area contributed by atoms with E-state index in [1.54, 1.807) is 18.4 Å². The first-order valence-corrected chi connectivity index (χ1v) is 12.4. The molecule has 0 amide bonds. The second kappa shape index (κ2) is 16.6. The van der Waals surface area contributed by atoms with Crippen molar-refractivity contribution in [2.45, 2.75) is 85.6 Å². The lowest BCUT2D eigenvalue weighted by Crippen LogP contribution is -2.31. The molecule has 0 bridgehead atoms. The predicted molar refractivity (Wildman–Crippen MR) is 133 cm³/mol. The van der Waals surface area contributed by atoms with Gasteiger partial charge in [0.05, 0.1) is 11.6 Å². The molecule has 2 aromatic heterocycles. The topological polar surface area (TPSA) is 77.2 Å². The summed E-state index contributed by atoms with van der Waals surface area (Å²) >= 11 is 7.27. The highest BCUT2D eigenvalue weighted by molar-refractivity contribution is 7.18. The molecule has 0 radical (unpaired) electrons. The van der Waals surface area contributed by atoms with Gasteiger partial charge in [0.25, 0.3) is 0 Å². The standard InChI is InChI=1S/C10H23NO.C8H7ClN4S.2C2H6/c1-5-6-7-10(2)11(3)8-9-12-4;9-8-12-5(10)4-7(13-8)14-6(11-4)3-1-2-3;2*1-2/h10H,5-9H2,1-4H3;3H,1-2H2,(H2,10,12,13);2*1-2H3. The highest BCUT2D eigenvalue weighted by atomic mass is 35.5. The third kappa shape index (κ3) is 10.3. The summed E-state index contributed by atoms with van der Waals surface area (Å²) < 4.78 is 5.03. The van der Waals surface area contributed by atoms with E-state index in [1.165, 1.54) is 32.1 Å². The third-order valence-corrected chi connectivity index (χ3v) is 5.86. The summed E-state index contributed by atoms with van der Waals surface area (Å²) in [5.74, 6) is 0.996. The minimum absolute atomic E-state index is 0.195. The molecule has 2 heterocycles. The minimum atomic E-state index is 0.195. The van der Waals surface area contributed by atoms with E-state index in [4.69, 9.17) is 22.1 Å². The molecule has 1 unspecified atom stereocenters. The average Bonchev–Trinajstić information content (AvgIpc) is 3.53. The van der Waals surface area contributed by atoms with Crippen LogP contribution in [0.5, 0.6) is 0 Å². The Morgan fingerprint density at radius 3 is 2.37 bits per heavy atom. The largest absolute Gasteiger partial charge is 0.383 e. The summed E-state index contributed by atoms with van der Waals surface area (Å²) in [6, 6.07) is 0.695. The van der Waals surface area contributed by atoms with E-state index < -0.39 is 0 Å². The summed E-state index contributed by atoms with van der Waals surface area (Å²) in [4.78, 5) is 15.6. The number of thiazole rings is 1. The van der Waals surface area contributed by atoms with Crippen LogP contribution < -0.4 is 5.73 Å². The maximum absolute atomic E-state index is 5.71. The van der Waals surface area contributed by atoms with Crippen molar-refractivity contribution in [2.24, 2.45) is 0 Å². The third-order valence-electron chi connectivity index (χ3n) is 4.58. The number of unbranched alkanes of at least 4 members (excludes halogenated alkanes) is 1. The van der Waals surface area contributed by atoms with E-state index in [0.717, 1.165) is 23.0 Å². The molecule has 174 valence electrons. The highest BCUT2D eigenvalue weighted by Crippen LogP contribution is 2.43. The fourth-order valence-electron chi connectivity index (χ4n) is 2.51. The van der Waals surface area contributed by atoms with Crippen LogP contribution in [-0.4, -0.2) is 53.2 Å². The SMILES string of the molecule is CC.CC.CCCCC(C)N(C)CCOC.Nc1nc(Cl)nc2sc(C3CC3)nc12. The Morgan fingerprint density at radius 2 is 1.83 bits per heavy atom. The zero-order valence-corrected chi connectivity index (χ0v) is 21.7. The number of likely N-dealkylation sites (N-methyl/N-ethyl adjacent to an activating group) is 1. The summed E-state index contributed by atoms with van der Waals surface area (Å²) in [6.07, 6.45) is 6.37. The molecule has 3 rings (SSSR count). The van der Waals surface area contributed by atoms with E-state index in [-0.39, 0.29) is 5.28 Å². The number of hydrogen-bond acceptors (Lipinski definition) is 7. The molecule has 1 fully saturated rings. The van der Waals surface area contributed by atoms with Crippen molar-refractivity contribution in [1.29, 1.82) is 0 Å². The van der Waals surface area contributed by atoms with Gasteiger partial charge in [0, 0.05) is 25.6 Å². The molecule has 6 nitrogen and oxygen atoms in total. The monoisotopic (exact) mass is 459 g/mol. The lowest BCUT2D eigenvalue weighted by molar-refractivity contribution is 0.139. The smallest absolute Gasteiger partial charge is 0.225 e. The first-order valence-electron chi connectivity index (χ1n) is 11.2. The Morgan fingerprint density at radius 1 is 1.20 bits per heavy atom. The van der Waals surface area contributed by atoms with Crippen LogP contribution in [0.15, 0.2) is 0 Å². The number of rotatable bonds is 8. The van der Waals surface area contributed by atoms with E-state index >= 15 is 0 Å². The maximum atomic E-state index is 5.71. The van der Waals surface area contributed by atoms with E-state index in [2.05, 4.69) is 40.7 Å². The Labute approximate surface area is 192 Å². The van der Waals surface area contributed by atoms with Crippen molar-refractivity contribution in [3.63, 3.8) is 0 Å². The number of aromatic nitrogens is 3. The second-order valence-electron chi connectivity index (χ2n) is 6.82. The summed E-state index contributed by atoms with van der Waals surface area (Å²) in [7, 11) is 3.92. The Balaban J connectivity index is 0.000000488. The number of halogens is 1. The molecule has 2 N–H and O–H groups in total. The molecule has 2 aromatic rings. The quantitative estimate of drug-likeness (QED) is 0.460. The Kier molecular flexibility index (Phi) is 16.1. The molecule has 1 saturated carbocycles. The van der Waals surface area contributed by atoms with Crippen molar-refractivity contribution in [3.05, 3.63) is 10.3 Å². The van der Waals surface area contributed by atoms with Gasteiger partial charge in [0.2, 0.25) is 5.28 Å². The van der Waals surface area contributed by atoms with Gasteiger partial charge in [-0.05, 0) is 44.8 Å². The predicted octanol–water partition coefficient (Wildman–Crippen LogP) is 6.40. The average molecular weight is 460 g/mol. The number of fused-ring (bicyclic) bond motifs is 1. The molecule has 0 spiro atoms. The molecule has 1 atom stereocenters. The zero-order chi connectivity index (χ0) is 23.1. The van der Waals surface area contributed by atoms with Crippen LogP contribution in [0.1, 0.15) is 84.6 Å². The van der Waals surface area contributed by atoms with Crippen molar-refractivity contribution in [2.75, 3.05) is 33.0 Å². The maximum Gasteiger partial charge on any atom is 0.225 e. The van der Waals surface area contributed by atoms with Crippen LogP contribution in [0.4, 0.5) is 5.82 Å². The molecular formula is C22H42ClN5OS. The Bertz CT molecular complexity index is 681. The number of hydrogen-bond donors (Lipinski definition) is 1. The van der Waals surface area contributed by atoms with E-state index in [0.29, 0.717) is 23.3 Å². The van der Waals surface area contributed by atoms with Gasteiger partial charge < -0.3 is 15.4 Å². The lowest BCUT2D eigenvalue weighted by atomic mass is 10.1. The lowest BCUT2D eigenvalue weighted by Gasteiger charge is -2.23. The van der Waals surface area contributed by atoms with Crippen LogP contribution in [0.2, 0.25) is 5.28 Å². The van der Waals surface area contributed by atoms with Crippen LogP contribution in [-0.2, 0) is 4.74 Å². The first kappa shape index (κ1) is 29.0. The minimum Gasteiger partial charge on any atom is -0.383 e. The van der Waals surface area contributed by atoms with E-state index in [1.807, 2.05) is 27.7 Å². The van der Waals surface area contributed by atoms with Gasteiger partial charge in [0.1, 0.15) is 5.52 Å². The van der Waals surface area contributed by atoms with Crippen LogP contribution >= 0.6 is 22.9 Å². The fraction of sp³-hybridized carbons (Fsp3) is 0.773. The van der Waals surface area contributed by atoms with Gasteiger partial charge in [-0.1, -0.05) is 58.8 Å². The fourth-order valence-corrected chi connectivity index (χ4v) is 3.85. The summed E-state index contributed by atoms with van der Waals surface area (Å²) in [5, 5.41) is 1.31. The van der Waals surface area contributed by atoms with Crippen molar-refractivity contribution >= 4 is 39.1 Å². The number of nitrogens with two attached hydrogens (primary N) is 1. The van der Waals surface area contributed by atoms with Gasteiger partial charge in [-0.3, -0.25) is 0 Å². The normalized spacial score (nSPS) is 13.5. The van der Waals surface area contributed by atoms with Gasteiger partial charge >= 0.3 is 0 Å². The van der Waals surface area contributed by atoms with Crippen LogP contribution in [0.3, 0.4) is 0 Å². The Hall–Kier alpha value is -1.02. The second-order valence-corrected chi connectivity index (χ2v) is 8.17. The zero-order valence-electron chi connectivity index (χ0n) is 20.2. The molecule has 0 aliphatic heterocycles. The number of ether oxygens (including phenoxy) is 1. The van der Waals surface area contributed by atoms with Gasteiger partial charge in [-0.2, -0.15) is 4.98 Å². The molecule has 0 saturated heterocycles. The van der Waals surface area contributed by atoms with E-state index in [9.17, 15) is 0 Å². The summed E-state index contributed by atoms with van der Waals surface area (Å²) in [6.45, 7) is 14.4. The number of nitrogens with zero attached hydrogens (tertiary/aromatic N) is 4. The number of nitrogen functional groups attached to an aromatic ring is 1. The van der Waals surface area contributed by atoms with Gasteiger partial charge in [0.15, 0.2) is 10.6 Å². The molecule has 0 aromatic carbocycles. The highest BCUT2D eigenvalue weighted by Gasteiger charge is 2.27. The van der Waals surface area contributed by atoms with Crippen molar-refractivity contribution in [3.8, 4) is 0 Å². The molecule has 1 aliphatic carbocycles. The van der Waals surface area contributed by atoms with Crippen LogP contribution in [0, 0.1) is 0 Å². The van der Waals surface area contributed by atoms with Crippen molar-refractivity contribution in [1.82, 2.24) is 19.9 Å². The molecule has 8 heteroatoms. The summed E-state index contributed by atoms with van der Waals surface area (Å²) in [5.41, 5.74) is 6.40. The first-order chi connectivity index (χ1) is 14.5. The van der Waals surface area contributed by atoms with Crippen molar-refractivity contribution < 1.29 is 4.74 Å². The molecule has 1 aliphatic rings. The number of anilines is 1. The number of methoxy groups -OCH3 is 1.